The second-order valence-electron chi connectivity index (χ2n) is 11.4. The fourth-order valence-corrected chi connectivity index (χ4v) is 4.37. The Bertz CT molecular complexity index is 1260. The van der Waals surface area contributed by atoms with Crippen LogP contribution in [0, 0.1) is 5.92 Å². The average molecular weight is 644 g/mol. The molecule has 1 aromatic carbocycles. The Morgan fingerprint density at radius 1 is 0.848 bits per heavy atom. The molecular formula is C32H45N5O9. The van der Waals surface area contributed by atoms with E-state index in [1.807, 2.05) is 20.8 Å². The van der Waals surface area contributed by atoms with Crippen LogP contribution in [-0.4, -0.2) is 82.7 Å². The van der Waals surface area contributed by atoms with Crippen LogP contribution in [0.25, 0.3) is 0 Å². The number of benzene rings is 1. The zero-order valence-corrected chi connectivity index (χ0v) is 26.8. The van der Waals surface area contributed by atoms with Crippen LogP contribution < -0.4 is 21.3 Å². The summed E-state index contributed by atoms with van der Waals surface area (Å²) in [7, 11) is 0. The van der Waals surface area contributed by atoms with Crippen molar-refractivity contribution in [3.05, 3.63) is 42.0 Å². The van der Waals surface area contributed by atoms with Crippen molar-refractivity contribution in [2.45, 2.75) is 91.0 Å². The van der Waals surface area contributed by atoms with Crippen molar-refractivity contribution in [2.24, 2.45) is 5.92 Å². The highest BCUT2D eigenvalue weighted by Gasteiger charge is 2.29. The molecule has 3 atom stereocenters. The number of imide groups is 1. The van der Waals surface area contributed by atoms with Gasteiger partial charge in [0, 0.05) is 37.2 Å². The number of hydrogen-bond donors (Lipinski definition) is 5. The maximum Gasteiger partial charge on any atom is 0.305 e. The van der Waals surface area contributed by atoms with Crippen molar-refractivity contribution in [1.82, 2.24) is 20.9 Å². The number of unbranched alkanes of at least 4 members (excludes halogenated alkanes) is 1. The van der Waals surface area contributed by atoms with E-state index in [1.54, 1.807) is 24.3 Å². The van der Waals surface area contributed by atoms with E-state index < -0.39 is 59.5 Å². The van der Waals surface area contributed by atoms with Gasteiger partial charge >= 0.3 is 5.97 Å². The third-order valence-electron chi connectivity index (χ3n) is 7.01. The van der Waals surface area contributed by atoms with E-state index in [9.17, 15) is 38.7 Å². The lowest BCUT2D eigenvalue weighted by atomic mass is 10.0. The second-order valence-corrected chi connectivity index (χ2v) is 11.4. The number of amides is 6. The number of carbonyl (C=O) groups excluding carboxylic acids is 7. The normalized spacial score (nSPS) is 14.4. The summed E-state index contributed by atoms with van der Waals surface area (Å²) in [5, 5.41) is 19.7. The van der Waals surface area contributed by atoms with Gasteiger partial charge in [-0.3, -0.25) is 38.5 Å². The first-order valence-electron chi connectivity index (χ1n) is 15.4. The highest BCUT2D eigenvalue weighted by molar-refractivity contribution is 6.13. The highest BCUT2D eigenvalue weighted by atomic mass is 16.5. The molecular weight excluding hydrogens is 598 g/mol. The van der Waals surface area contributed by atoms with E-state index in [0.29, 0.717) is 17.7 Å². The predicted octanol–water partition coefficient (Wildman–Crippen LogP) is 1.08. The molecule has 0 fully saturated rings. The molecule has 6 amide bonds. The molecule has 14 heteroatoms. The fourth-order valence-electron chi connectivity index (χ4n) is 4.37. The van der Waals surface area contributed by atoms with Crippen molar-refractivity contribution in [3.63, 3.8) is 0 Å². The standard InChI is InChI=1S/C32H45N5O9/c1-5-6-17-46-29(42)14-11-24(31(44)34-23-9-7-22(19-38)8-10-23)36-30(43)21(4)33-32(45)25(18-20(2)3)35-26(39)15-16-37-27(40)12-13-28(37)41/h7-10,12-13,20-21,24-25,38H,5-6,11,14-19H2,1-4H3,(H,33,45)(H,34,44)(H,35,39)(H,36,43)/t21-,24-,25+/m0/s1. The zero-order valence-electron chi connectivity index (χ0n) is 26.8. The number of aliphatic hydroxyl groups excluding tert-OH is 1. The summed E-state index contributed by atoms with van der Waals surface area (Å²) in [4.78, 5) is 88.7. The van der Waals surface area contributed by atoms with Crippen LogP contribution in [0.2, 0.25) is 0 Å². The summed E-state index contributed by atoms with van der Waals surface area (Å²) in [5.74, 6) is -4.05. The lowest BCUT2D eigenvalue weighted by molar-refractivity contribution is -0.144. The molecule has 1 heterocycles. The monoisotopic (exact) mass is 643 g/mol. The molecule has 0 aliphatic carbocycles. The van der Waals surface area contributed by atoms with Crippen LogP contribution >= 0.6 is 0 Å². The minimum Gasteiger partial charge on any atom is -0.466 e. The average Bonchev–Trinajstić information content (AvgIpc) is 3.33. The zero-order chi connectivity index (χ0) is 34.2. The van der Waals surface area contributed by atoms with Gasteiger partial charge in [0.05, 0.1) is 13.2 Å². The molecule has 14 nitrogen and oxygen atoms in total. The van der Waals surface area contributed by atoms with E-state index in [4.69, 9.17) is 4.74 Å². The SMILES string of the molecule is CCCCOC(=O)CC[C@H](NC(=O)[C@H](C)NC(=O)[C@@H](CC(C)C)NC(=O)CCN1C(=O)C=CC1=O)C(=O)Nc1ccc(CO)cc1. The molecule has 1 aliphatic heterocycles. The Labute approximate surface area is 268 Å². The van der Waals surface area contributed by atoms with Gasteiger partial charge in [0.15, 0.2) is 0 Å². The van der Waals surface area contributed by atoms with Gasteiger partial charge in [-0.25, -0.2) is 0 Å². The molecule has 5 N–H and O–H groups in total. The molecule has 0 aromatic heterocycles. The van der Waals surface area contributed by atoms with Crippen LogP contribution in [0.1, 0.15) is 71.8 Å². The van der Waals surface area contributed by atoms with Crippen molar-refractivity contribution in [1.29, 1.82) is 0 Å². The Kier molecular flexibility index (Phi) is 15.6. The summed E-state index contributed by atoms with van der Waals surface area (Å²) < 4.78 is 5.17. The number of carbonyl (C=O) groups is 7. The number of rotatable bonds is 19. The number of hydrogen-bond acceptors (Lipinski definition) is 9. The summed E-state index contributed by atoms with van der Waals surface area (Å²) >= 11 is 0. The van der Waals surface area contributed by atoms with Crippen molar-refractivity contribution in [3.8, 4) is 0 Å². The summed E-state index contributed by atoms with van der Waals surface area (Å²) in [6.07, 6.45) is 3.59. The van der Waals surface area contributed by atoms with Crippen molar-refractivity contribution in [2.75, 3.05) is 18.5 Å². The third-order valence-corrected chi connectivity index (χ3v) is 7.01. The Morgan fingerprint density at radius 2 is 1.50 bits per heavy atom. The topological polar surface area (TPSA) is 200 Å². The molecule has 0 saturated carbocycles. The van der Waals surface area contributed by atoms with Crippen LogP contribution in [0.15, 0.2) is 36.4 Å². The van der Waals surface area contributed by atoms with Crippen LogP contribution in [-0.2, 0) is 44.9 Å². The molecule has 0 spiro atoms. The molecule has 252 valence electrons. The molecule has 1 aliphatic rings. The number of esters is 1. The van der Waals surface area contributed by atoms with Gasteiger partial charge in [-0.15, -0.1) is 0 Å². The minimum atomic E-state index is -1.15. The lowest BCUT2D eigenvalue weighted by Gasteiger charge is -2.24. The number of nitrogens with zero attached hydrogens (tertiary/aromatic N) is 1. The van der Waals surface area contributed by atoms with Gasteiger partial charge < -0.3 is 31.1 Å². The summed E-state index contributed by atoms with van der Waals surface area (Å²) in [6.45, 7) is 7.01. The first kappa shape index (κ1) is 37.6. The van der Waals surface area contributed by atoms with Crippen LogP contribution in [0.5, 0.6) is 0 Å². The van der Waals surface area contributed by atoms with E-state index >= 15 is 0 Å². The first-order chi connectivity index (χ1) is 21.8. The molecule has 1 aromatic rings. The molecule has 0 saturated heterocycles. The number of aliphatic hydroxyl groups is 1. The maximum atomic E-state index is 13.2. The number of anilines is 1. The Morgan fingerprint density at radius 3 is 2.09 bits per heavy atom. The second kappa shape index (κ2) is 19.0. The Balaban J connectivity index is 2.04. The summed E-state index contributed by atoms with van der Waals surface area (Å²) in [5.41, 5.74) is 1.05. The van der Waals surface area contributed by atoms with Gasteiger partial charge in [-0.1, -0.05) is 39.3 Å². The highest BCUT2D eigenvalue weighted by Crippen LogP contribution is 2.12. The largest absolute Gasteiger partial charge is 0.466 e. The molecule has 46 heavy (non-hydrogen) atoms. The van der Waals surface area contributed by atoms with Gasteiger partial charge in [0.25, 0.3) is 11.8 Å². The lowest BCUT2D eigenvalue weighted by Crippen LogP contribution is -2.55. The van der Waals surface area contributed by atoms with Crippen LogP contribution in [0.3, 0.4) is 0 Å². The van der Waals surface area contributed by atoms with Gasteiger partial charge in [-0.2, -0.15) is 0 Å². The van der Waals surface area contributed by atoms with E-state index in [-0.39, 0.29) is 51.4 Å². The number of ether oxygens (including phenoxy) is 1. The maximum absolute atomic E-state index is 13.2. The van der Waals surface area contributed by atoms with Crippen LogP contribution in [0.4, 0.5) is 5.69 Å². The van der Waals surface area contributed by atoms with Crippen molar-refractivity contribution < 1.29 is 43.4 Å². The van der Waals surface area contributed by atoms with Crippen molar-refractivity contribution >= 4 is 47.1 Å². The van der Waals surface area contributed by atoms with Gasteiger partial charge in [0.2, 0.25) is 23.6 Å². The quantitative estimate of drug-likeness (QED) is 0.0831. The molecule has 0 bridgehead atoms. The molecule has 0 radical (unpaired) electrons. The number of nitrogens with one attached hydrogen (secondary N) is 4. The third kappa shape index (κ3) is 12.8. The Hall–Kier alpha value is -4.59. The van der Waals surface area contributed by atoms with Gasteiger partial charge in [-0.05, 0) is 49.8 Å². The fraction of sp³-hybridized carbons (Fsp3) is 0.531. The van der Waals surface area contributed by atoms with E-state index in [0.717, 1.165) is 23.5 Å². The van der Waals surface area contributed by atoms with E-state index in [2.05, 4.69) is 21.3 Å². The minimum absolute atomic E-state index is 0.0114. The molecule has 0 unspecified atom stereocenters. The van der Waals surface area contributed by atoms with Gasteiger partial charge in [0.1, 0.15) is 18.1 Å². The first-order valence-corrected chi connectivity index (χ1v) is 15.4. The molecule has 2 rings (SSSR count). The predicted molar refractivity (Wildman–Crippen MR) is 167 cm³/mol. The summed E-state index contributed by atoms with van der Waals surface area (Å²) in [6, 6.07) is 3.14. The smallest absolute Gasteiger partial charge is 0.305 e. The van der Waals surface area contributed by atoms with E-state index in [1.165, 1.54) is 6.92 Å².